The first-order valence-corrected chi connectivity index (χ1v) is 12.0. The third kappa shape index (κ3) is 10.0. The van der Waals surface area contributed by atoms with E-state index in [0.29, 0.717) is 0 Å². The molecule has 0 heterocycles. The lowest BCUT2D eigenvalue weighted by Crippen LogP contribution is -2.51. The molecule has 0 bridgehead atoms. The summed E-state index contributed by atoms with van der Waals surface area (Å²) in [6.07, 6.45) is -0.241. The highest BCUT2D eigenvalue weighted by Crippen LogP contribution is 2.26. The van der Waals surface area contributed by atoms with Crippen molar-refractivity contribution in [2.24, 2.45) is 5.73 Å². The van der Waals surface area contributed by atoms with Gasteiger partial charge in [-0.05, 0) is 64.9 Å². The maximum absolute atomic E-state index is 12.9. The molecule has 0 aliphatic carbocycles. The third-order valence-electron chi connectivity index (χ3n) is 4.78. The molecule has 0 aliphatic heterocycles. The first kappa shape index (κ1) is 28.3. The van der Waals surface area contributed by atoms with E-state index >= 15 is 0 Å². The molecule has 2 aromatic rings. The highest BCUT2D eigenvalue weighted by atomic mass is 32.1. The van der Waals surface area contributed by atoms with Crippen molar-refractivity contribution in [2.75, 3.05) is 0 Å². The maximum atomic E-state index is 12.9. The Bertz CT molecular complexity index is 985. The molecular weight excluding hydrogens is 462 g/mol. The monoisotopic (exact) mass is 499 g/mol. The van der Waals surface area contributed by atoms with Gasteiger partial charge in [-0.3, -0.25) is 4.79 Å². The summed E-state index contributed by atoms with van der Waals surface area (Å²) in [5.41, 5.74) is 7.06. The van der Waals surface area contributed by atoms with E-state index < -0.39 is 35.2 Å². The molecule has 3 atom stereocenters. The van der Waals surface area contributed by atoms with Crippen molar-refractivity contribution in [3.63, 3.8) is 0 Å². The number of hydrogen-bond acceptors (Lipinski definition) is 6. The van der Waals surface area contributed by atoms with Gasteiger partial charge in [-0.1, -0.05) is 60.7 Å². The van der Waals surface area contributed by atoms with Crippen molar-refractivity contribution in [1.29, 1.82) is 0 Å². The van der Waals surface area contributed by atoms with Gasteiger partial charge in [0, 0.05) is 0 Å². The second-order valence-electron chi connectivity index (χ2n) is 10.3. The van der Waals surface area contributed by atoms with Gasteiger partial charge in [0.25, 0.3) is 0 Å². The number of hydrogen-bond donors (Lipinski definition) is 3. The van der Waals surface area contributed by atoms with E-state index in [1.807, 2.05) is 60.7 Å². The zero-order chi connectivity index (χ0) is 26.2. The molecule has 190 valence electrons. The largest absolute Gasteiger partial charge is 0.460 e. The molecule has 0 saturated heterocycles. The fourth-order valence-corrected chi connectivity index (χ4v) is 3.63. The van der Waals surface area contributed by atoms with Crippen molar-refractivity contribution in [3.8, 4) is 0 Å². The van der Waals surface area contributed by atoms with E-state index in [1.54, 1.807) is 41.5 Å². The maximum Gasteiger partial charge on any atom is 0.329 e. The lowest BCUT2D eigenvalue weighted by molar-refractivity contribution is -0.164. The van der Waals surface area contributed by atoms with Crippen LogP contribution >= 0.6 is 12.2 Å². The van der Waals surface area contributed by atoms with E-state index in [0.717, 1.165) is 11.1 Å². The summed E-state index contributed by atoms with van der Waals surface area (Å²) in [5, 5.41) is 6.36. The summed E-state index contributed by atoms with van der Waals surface area (Å²) in [6.45, 7) is 10.6. The Morgan fingerprint density at radius 2 is 1.31 bits per heavy atom. The van der Waals surface area contributed by atoms with Crippen LogP contribution in [0.5, 0.6) is 0 Å². The van der Waals surface area contributed by atoms with Crippen molar-refractivity contribution in [2.45, 2.75) is 77.3 Å². The normalized spacial score (nSPS) is 14.3. The average molecular weight is 500 g/mol. The van der Waals surface area contributed by atoms with Gasteiger partial charge in [0.1, 0.15) is 17.2 Å². The predicted octanol–water partition coefficient (Wildman–Crippen LogP) is 4.33. The van der Waals surface area contributed by atoms with E-state index in [-0.39, 0.29) is 17.6 Å². The summed E-state index contributed by atoms with van der Waals surface area (Å²) in [4.78, 5) is 25.4. The summed E-state index contributed by atoms with van der Waals surface area (Å²) < 4.78 is 10.9. The van der Waals surface area contributed by atoms with Crippen LogP contribution in [0.15, 0.2) is 60.7 Å². The molecule has 35 heavy (non-hydrogen) atoms. The van der Waals surface area contributed by atoms with Gasteiger partial charge < -0.3 is 25.8 Å². The zero-order valence-corrected chi connectivity index (χ0v) is 22.1. The minimum atomic E-state index is -1.03. The van der Waals surface area contributed by atoms with Crippen LogP contribution < -0.4 is 16.4 Å². The Morgan fingerprint density at radius 1 is 0.829 bits per heavy atom. The van der Waals surface area contributed by atoms with Crippen LogP contribution in [0.4, 0.5) is 0 Å². The number of benzene rings is 2. The molecule has 8 heteroatoms. The summed E-state index contributed by atoms with van der Waals surface area (Å²) in [5.74, 6) is -1.14. The van der Waals surface area contributed by atoms with Gasteiger partial charge in [0.2, 0.25) is 0 Å². The predicted molar refractivity (Wildman–Crippen MR) is 142 cm³/mol. The van der Waals surface area contributed by atoms with Crippen molar-refractivity contribution in [3.05, 3.63) is 71.8 Å². The number of rotatable bonds is 8. The lowest BCUT2D eigenvalue weighted by Gasteiger charge is -2.30. The van der Waals surface area contributed by atoms with Crippen LogP contribution in [0.2, 0.25) is 0 Å². The summed E-state index contributed by atoms with van der Waals surface area (Å²) in [6, 6.07) is 17.5. The van der Waals surface area contributed by atoms with Gasteiger partial charge in [0.15, 0.2) is 5.11 Å². The van der Waals surface area contributed by atoms with Crippen molar-refractivity contribution < 1.29 is 19.1 Å². The van der Waals surface area contributed by atoms with Gasteiger partial charge in [0.05, 0.1) is 18.5 Å². The molecule has 0 aliphatic rings. The standard InChI is InChI=1S/C27H37N3O4S/c1-26(2,3)33-21(31)17-20(24(32)34-27(4,5)6)29-25(35)30-23(19-15-11-8-12-16-19)22(28)18-13-9-7-10-14-18/h7-16,20,22-23H,17,28H2,1-6H3,(H2,29,30,35)/t20-,22-,23-/m1/s1. The second-order valence-corrected chi connectivity index (χ2v) is 10.7. The second kappa shape index (κ2) is 12.1. The number of carbonyl (C=O) groups is 2. The average Bonchev–Trinajstić information content (AvgIpc) is 2.75. The number of esters is 2. The molecule has 0 aromatic heterocycles. The van der Waals surface area contributed by atoms with E-state index in [9.17, 15) is 9.59 Å². The summed E-state index contributed by atoms with van der Waals surface area (Å²) in [7, 11) is 0. The topological polar surface area (TPSA) is 103 Å². The Hall–Kier alpha value is -2.97. The molecule has 7 nitrogen and oxygen atoms in total. The van der Waals surface area contributed by atoms with Crippen LogP contribution in [-0.4, -0.2) is 34.3 Å². The smallest absolute Gasteiger partial charge is 0.329 e. The molecule has 0 spiro atoms. The molecule has 4 N–H and O–H groups in total. The quantitative estimate of drug-likeness (QED) is 0.364. The van der Waals surface area contributed by atoms with Crippen molar-refractivity contribution >= 4 is 29.3 Å². The van der Waals surface area contributed by atoms with Gasteiger partial charge in [-0.2, -0.15) is 0 Å². The van der Waals surface area contributed by atoms with E-state index in [2.05, 4.69) is 10.6 Å². The molecule has 2 aromatic carbocycles. The van der Waals surface area contributed by atoms with Crippen LogP contribution in [0.25, 0.3) is 0 Å². The molecule has 0 amide bonds. The number of ether oxygens (including phenoxy) is 2. The molecule has 0 fully saturated rings. The van der Waals surface area contributed by atoms with E-state index in [4.69, 9.17) is 27.4 Å². The highest BCUT2D eigenvalue weighted by Gasteiger charge is 2.31. The molecule has 0 radical (unpaired) electrons. The lowest BCUT2D eigenvalue weighted by atomic mass is 9.94. The first-order valence-electron chi connectivity index (χ1n) is 11.6. The van der Waals surface area contributed by atoms with Crippen LogP contribution in [0.1, 0.15) is 71.2 Å². The molecule has 2 rings (SSSR count). The molecule has 0 unspecified atom stereocenters. The zero-order valence-electron chi connectivity index (χ0n) is 21.3. The Morgan fingerprint density at radius 3 is 1.80 bits per heavy atom. The van der Waals surface area contributed by atoms with Gasteiger partial charge in [-0.15, -0.1) is 0 Å². The van der Waals surface area contributed by atoms with Crippen LogP contribution in [0.3, 0.4) is 0 Å². The Balaban J connectivity index is 2.24. The first-order chi connectivity index (χ1) is 16.2. The number of thiocarbonyl (C=S) groups is 1. The van der Waals surface area contributed by atoms with Crippen LogP contribution in [-0.2, 0) is 19.1 Å². The Kier molecular flexibility index (Phi) is 9.80. The van der Waals surface area contributed by atoms with Crippen molar-refractivity contribution in [1.82, 2.24) is 10.6 Å². The SMILES string of the molecule is CC(C)(C)OC(=O)C[C@@H](NC(=S)N[C@H](c1ccccc1)[C@H](N)c1ccccc1)C(=O)OC(C)(C)C. The van der Waals surface area contributed by atoms with Gasteiger partial charge >= 0.3 is 11.9 Å². The number of nitrogens with one attached hydrogen (secondary N) is 2. The fourth-order valence-electron chi connectivity index (χ4n) is 3.37. The number of carbonyl (C=O) groups excluding carboxylic acids is 2. The molecule has 0 saturated carbocycles. The molecular formula is C27H37N3O4S. The minimum Gasteiger partial charge on any atom is -0.460 e. The van der Waals surface area contributed by atoms with Gasteiger partial charge in [-0.25, -0.2) is 4.79 Å². The highest BCUT2D eigenvalue weighted by molar-refractivity contribution is 7.80. The fraction of sp³-hybridized carbons (Fsp3) is 0.444. The summed E-state index contributed by atoms with van der Waals surface area (Å²) >= 11 is 5.56. The third-order valence-corrected chi connectivity index (χ3v) is 5.01. The minimum absolute atomic E-state index is 0.171. The Labute approximate surface area is 213 Å². The van der Waals surface area contributed by atoms with Crippen LogP contribution in [0, 0.1) is 0 Å². The van der Waals surface area contributed by atoms with E-state index in [1.165, 1.54) is 0 Å². The number of nitrogens with two attached hydrogens (primary N) is 1.